The lowest BCUT2D eigenvalue weighted by atomic mass is 9.81. The number of benzene rings is 7. The lowest BCUT2D eigenvalue weighted by Crippen LogP contribution is -2.29. The summed E-state index contributed by atoms with van der Waals surface area (Å²) in [5, 5.41) is 73.9. The minimum Gasteiger partial charge on any atom is -0.506 e. The average molecular weight is 1290 g/mol. The second-order valence-electron chi connectivity index (χ2n) is 17.9. The highest BCUT2D eigenvalue weighted by Crippen LogP contribution is 2.31. The smallest absolute Gasteiger partial charge is 0.488 e. The molecule has 0 aliphatic rings. The van der Waals surface area contributed by atoms with Crippen molar-refractivity contribution in [1.82, 2.24) is 24.9 Å². The molecule has 92 heavy (non-hydrogen) atoms. The number of halogens is 4. The zero-order valence-electron chi connectivity index (χ0n) is 48.8. The summed E-state index contributed by atoms with van der Waals surface area (Å²) in [4.78, 5) is 80.8. The van der Waals surface area contributed by atoms with Crippen LogP contribution in [0.1, 0.15) is 37.0 Å². The Hall–Kier alpha value is -12.0. The molecule has 0 fully saturated rings. The molecule has 0 aliphatic heterocycles. The van der Waals surface area contributed by atoms with Crippen molar-refractivity contribution < 1.29 is 34.9 Å². The Labute approximate surface area is 537 Å². The number of carbonyl (C=O) groups excluding carboxylic acids is 1. The number of nitriles is 5. The molecule has 5 aromatic heterocycles. The van der Waals surface area contributed by atoms with Gasteiger partial charge in [-0.15, -0.1) is 0 Å². The fourth-order valence-electron chi connectivity index (χ4n) is 8.07. The quantitative estimate of drug-likeness (QED) is 0.0489. The summed E-state index contributed by atoms with van der Waals surface area (Å²) in [6.45, 7) is 2.05. The molecule has 458 valence electrons. The Morgan fingerprint density at radius 2 is 0.978 bits per heavy atom. The molecule has 26 heteroatoms. The van der Waals surface area contributed by atoms with Crippen molar-refractivity contribution in [2.24, 2.45) is 0 Å². The molecule has 0 spiro atoms. The molecule has 5 heterocycles. The molecule has 0 atom stereocenters. The predicted molar refractivity (Wildman–Crippen MR) is 350 cm³/mol. The van der Waals surface area contributed by atoms with Crippen molar-refractivity contribution in [2.75, 3.05) is 13.8 Å². The van der Waals surface area contributed by atoms with Crippen molar-refractivity contribution in [3.63, 3.8) is 0 Å². The standard InChI is InChI=1S/C16H10N2O.C10H4Cl2N2.C10H5ClN2O.C10H6N2O2.C8H5NO3.C6H7BO2.C5H7NO2.CH3F/c17-10-13-15(11-6-2-1-3-7-11)12-8-4-5-9-14(12)18-16(13)19;11-9-6-3-1-2-4-8(6)14-10(12)7(9)5-13;11-9-6-3-1-2-4-8(6)13-10(14)7(9)5-12;11-5-7-9(13)6-3-1-2-4-8(6)12-10(7)14;10-7-5-3-1-2-4-6(5)9-8(11)12-7;8-7(9)6-4-2-1-3-5-6;1-2-8-5(7)3-4-6;1-2/h1-9H,(H,18,19);1-4H;1-4H,(H,13,14);1-4H,(H2,12,13,14);1-4H,(H,9,11);1-5,8-9H;2-3H2,1H3;1H3/i;;;;;;;1D. The first-order valence-electron chi connectivity index (χ1n) is 27.1. The van der Waals surface area contributed by atoms with Crippen LogP contribution < -0.4 is 33.5 Å². The summed E-state index contributed by atoms with van der Waals surface area (Å²) in [7, 11) is -2.34. The van der Waals surface area contributed by atoms with E-state index in [2.05, 4.69) is 34.1 Å². The molecule has 0 aliphatic carbocycles. The number of rotatable bonds is 4. The first-order valence-corrected chi connectivity index (χ1v) is 27.6. The van der Waals surface area contributed by atoms with E-state index in [0.29, 0.717) is 60.9 Å². The number of pyridine rings is 4. The third-order valence-electron chi connectivity index (χ3n) is 12.2. The van der Waals surface area contributed by atoms with Gasteiger partial charge in [0.05, 0.1) is 53.2 Å². The van der Waals surface area contributed by atoms with Crippen LogP contribution in [0.25, 0.3) is 65.6 Å². The number of aromatic hydroxyl groups is 1. The molecular weight excluding hydrogens is 1240 g/mol. The third-order valence-corrected chi connectivity index (χ3v) is 13.2. The van der Waals surface area contributed by atoms with Gasteiger partial charge in [-0.25, -0.2) is 14.6 Å². The highest BCUT2D eigenvalue weighted by Gasteiger charge is 2.15. The second-order valence-corrected chi connectivity index (χ2v) is 19.0. The summed E-state index contributed by atoms with van der Waals surface area (Å²) >= 11 is 17.7. The molecule has 12 aromatic rings. The Balaban J connectivity index is 0.000000198. The van der Waals surface area contributed by atoms with Gasteiger partial charge in [-0.2, -0.15) is 26.3 Å². The number of esters is 1. The molecule has 0 unspecified atom stereocenters. The van der Waals surface area contributed by atoms with E-state index in [1.54, 1.807) is 128 Å². The van der Waals surface area contributed by atoms with E-state index in [-0.39, 0.29) is 50.2 Å². The van der Waals surface area contributed by atoms with Gasteiger partial charge in [0.25, 0.3) is 16.7 Å². The molecule has 21 nitrogen and oxygen atoms in total. The molecule has 12 rings (SSSR count). The monoisotopic (exact) mass is 1290 g/mol. The third kappa shape index (κ3) is 18.8. The van der Waals surface area contributed by atoms with Crippen molar-refractivity contribution in [3.05, 3.63) is 271 Å². The topological polar surface area (TPSA) is 380 Å². The number of hydrogen-bond acceptors (Lipinski definition) is 17. The minimum absolute atomic E-state index is 0.0367. The van der Waals surface area contributed by atoms with Gasteiger partial charge in [-0.05, 0) is 60.4 Å². The molecule has 0 amide bonds. The number of aromatic nitrogens is 5. The van der Waals surface area contributed by atoms with Gasteiger partial charge in [-0.3, -0.25) is 28.6 Å². The molecule has 7 N–H and O–H groups in total. The van der Waals surface area contributed by atoms with Gasteiger partial charge in [-0.1, -0.05) is 174 Å². The summed E-state index contributed by atoms with van der Waals surface area (Å²) in [5.41, 5.74) is 3.34. The van der Waals surface area contributed by atoms with Gasteiger partial charge < -0.3 is 39.3 Å². The zero-order chi connectivity index (χ0) is 68.0. The van der Waals surface area contributed by atoms with Gasteiger partial charge in [0, 0.05) is 38.1 Å². The van der Waals surface area contributed by atoms with Crippen LogP contribution in [-0.2, 0) is 9.53 Å². The number of nitrogens with zero attached hydrogens (tertiary/aromatic N) is 6. The van der Waals surface area contributed by atoms with E-state index < -0.39 is 42.7 Å². The van der Waals surface area contributed by atoms with Gasteiger partial charge in [0.15, 0.2) is 5.56 Å². The maximum Gasteiger partial charge on any atom is 0.488 e. The second kappa shape index (κ2) is 35.7. The summed E-state index contributed by atoms with van der Waals surface area (Å²) in [5.74, 6) is -1.43. The Kier molecular flexibility index (Phi) is 26.9. The lowest BCUT2D eigenvalue weighted by Gasteiger charge is -2.08. The van der Waals surface area contributed by atoms with Crippen LogP contribution in [0.3, 0.4) is 0 Å². The summed E-state index contributed by atoms with van der Waals surface area (Å²) in [6, 6.07) is 62.6. The number of fused-ring (bicyclic) bond motifs is 5. The molecular formula is C66H47BCl3FN10O11. The van der Waals surface area contributed by atoms with Crippen LogP contribution in [0.5, 0.6) is 5.75 Å². The Morgan fingerprint density at radius 3 is 1.49 bits per heavy atom. The van der Waals surface area contributed by atoms with Crippen LogP contribution in [0.15, 0.2) is 210 Å². The number of H-pyrrole nitrogens is 4. The van der Waals surface area contributed by atoms with Crippen molar-refractivity contribution >= 4 is 108 Å². The number of ether oxygens (including phenoxy) is 1. The molecule has 0 saturated carbocycles. The van der Waals surface area contributed by atoms with E-state index in [1.165, 1.54) is 0 Å². The number of hydrogen-bond donors (Lipinski definition) is 7. The van der Waals surface area contributed by atoms with E-state index in [4.69, 9.17) is 67.3 Å². The molecule has 0 saturated heterocycles. The molecule has 7 aromatic carbocycles. The van der Waals surface area contributed by atoms with Gasteiger partial charge in [0.1, 0.15) is 58.3 Å². The fraction of sp³-hybridized carbons (Fsp3) is 0.0606. The van der Waals surface area contributed by atoms with Crippen molar-refractivity contribution in [2.45, 2.75) is 13.3 Å². The average Bonchev–Trinajstić information content (AvgIpc) is 0.817. The van der Waals surface area contributed by atoms with Crippen molar-refractivity contribution in [1.29, 1.82) is 26.3 Å². The molecule has 0 bridgehead atoms. The van der Waals surface area contributed by atoms with Crippen molar-refractivity contribution in [3.8, 4) is 47.2 Å². The number of aromatic amines is 4. The largest absolute Gasteiger partial charge is 0.506 e. The predicted octanol–water partition coefficient (Wildman–Crippen LogP) is 10.5. The number of alkyl halides is 1. The van der Waals surface area contributed by atoms with E-state index in [1.807, 2.05) is 91.0 Å². The number of carbonyl (C=O) groups is 1. The number of nitrogens with one attached hydrogen (secondary N) is 4. The lowest BCUT2D eigenvalue weighted by molar-refractivity contribution is -0.141. The maximum absolute atomic E-state index is 12.0. The maximum atomic E-state index is 12.0. The van der Waals surface area contributed by atoms with E-state index in [9.17, 15) is 43.5 Å². The minimum atomic E-state index is -1.34. The van der Waals surface area contributed by atoms with E-state index in [0.717, 1.165) is 21.9 Å². The van der Waals surface area contributed by atoms with Gasteiger partial charge in [0.2, 0.25) is 0 Å². The first kappa shape index (κ1) is 69.1. The van der Waals surface area contributed by atoms with Crippen LogP contribution in [0, 0.1) is 56.7 Å². The summed E-state index contributed by atoms with van der Waals surface area (Å²) in [6.07, 6.45) is -0.145. The number of para-hydroxylation sites is 5. The zero-order valence-corrected chi connectivity index (χ0v) is 50.1. The SMILES string of the molecule is CCOC(=O)CC#N.N#Cc1c(-c2ccccc2)c2ccccc2[nH]c1=O.N#Cc1c(Cl)c2ccccc2[nH]c1=O.N#Cc1c(Cl)nc2ccccc2c1Cl.N#Cc1c(O)c2ccccc2[nH]c1=O.O=c1[nH]c2ccccc2c(=O)o1.OB(O)c1ccccc1.[2H]CF. The summed E-state index contributed by atoms with van der Waals surface area (Å²) < 4.78 is 24.2. The highest BCUT2D eigenvalue weighted by molar-refractivity contribution is 6.58. The van der Waals surface area contributed by atoms with Crippen LogP contribution in [0.2, 0.25) is 15.2 Å². The normalized spacial score (nSPS) is 9.78. The Bertz CT molecular complexity index is 5030. The molecule has 0 radical (unpaired) electrons. The van der Waals surface area contributed by atoms with E-state index >= 15 is 0 Å². The van der Waals surface area contributed by atoms with Crippen LogP contribution in [-0.4, -0.2) is 66.9 Å². The highest BCUT2D eigenvalue weighted by atomic mass is 35.5. The first-order chi connectivity index (χ1) is 44.8. The van der Waals surface area contributed by atoms with Crippen LogP contribution in [0.4, 0.5) is 4.39 Å². The Morgan fingerprint density at radius 1 is 0.565 bits per heavy atom. The van der Waals surface area contributed by atoms with Crippen LogP contribution >= 0.6 is 34.8 Å². The van der Waals surface area contributed by atoms with Gasteiger partial charge >= 0.3 is 24.5 Å². The fourth-order valence-corrected chi connectivity index (χ4v) is 8.93.